The fourth-order valence-electron chi connectivity index (χ4n) is 2.07. The summed E-state index contributed by atoms with van der Waals surface area (Å²) >= 11 is 0. The number of aryl methyl sites for hydroxylation is 1. The normalized spacial score (nSPS) is 10.8. The number of esters is 1. The first-order chi connectivity index (χ1) is 12.0. The minimum Gasteiger partial charge on any atom is -0.482 e. The van der Waals surface area contributed by atoms with E-state index < -0.39 is 18.5 Å². The number of carbonyl (C=O) groups excluding carboxylic acids is 3. The molecule has 0 aliphatic rings. The molecule has 26 heavy (non-hydrogen) atoms. The maximum Gasteiger partial charge on any atom is 0.344 e. The summed E-state index contributed by atoms with van der Waals surface area (Å²) in [5, 5.41) is 2.76. The van der Waals surface area contributed by atoms with Crippen LogP contribution < -0.4 is 10.1 Å². The van der Waals surface area contributed by atoms with Crippen LogP contribution >= 0.6 is 0 Å². The van der Waals surface area contributed by atoms with Gasteiger partial charge in [0.2, 0.25) is 5.91 Å². The van der Waals surface area contributed by atoms with Gasteiger partial charge in [0.15, 0.2) is 13.2 Å². The van der Waals surface area contributed by atoms with Crippen LogP contribution in [0.25, 0.3) is 0 Å². The zero-order valence-corrected chi connectivity index (χ0v) is 16.3. The second kappa shape index (κ2) is 9.22. The molecule has 7 heteroatoms. The highest BCUT2D eigenvalue weighted by molar-refractivity contribution is 5.86. The van der Waals surface area contributed by atoms with E-state index in [-0.39, 0.29) is 24.6 Å². The summed E-state index contributed by atoms with van der Waals surface area (Å²) in [4.78, 5) is 36.7. The molecule has 0 saturated carbocycles. The van der Waals surface area contributed by atoms with Crippen molar-refractivity contribution in [3.63, 3.8) is 0 Å². The third kappa shape index (κ3) is 7.55. The molecule has 0 unspecified atom stereocenters. The SMILES string of the molecule is Cc1cccc(OCC(=O)OCC(=O)N(C)CC(=O)NC(C)(C)C)c1C. The summed E-state index contributed by atoms with van der Waals surface area (Å²) in [6, 6.07) is 5.55. The largest absolute Gasteiger partial charge is 0.482 e. The van der Waals surface area contributed by atoms with Gasteiger partial charge in [-0.05, 0) is 51.8 Å². The van der Waals surface area contributed by atoms with Gasteiger partial charge in [-0.3, -0.25) is 9.59 Å². The molecule has 0 aliphatic heterocycles. The van der Waals surface area contributed by atoms with Crippen LogP contribution in [-0.2, 0) is 19.1 Å². The zero-order valence-electron chi connectivity index (χ0n) is 16.3. The highest BCUT2D eigenvalue weighted by Gasteiger charge is 2.19. The van der Waals surface area contributed by atoms with Crippen LogP contribution in [-0.4, -0.2) is 55.0 Å². The molecule has 0 atom stereocenters. The number of amides is 2. The standard InChI is InChI=1S/C19H28N2O5/c1-13-8-7-9-15(14(13)2)25-12-18(24)26-11-17(23)21(6)10-16(22)20-19(3,4)5/h7-9H,10-12H2,1-6H3,(H,20,22). The summed E-state index contributed by atoms with van der Waals surface area (Å²) in [6.07, 6.45) is 0. The molecular formula is C19H28N2O5. The molecule has 0 spiro atoms. The number of hydrogen-bond donors (Lipinski definition) is 1. The average molecular weight is 364 g/mol. The smallest absolute Gasteiger partial charge is 0.344 e. The number of nitrogens with zero attached hydrogens (tertiary/aromatic N) is 1. The van der Waals surface area contributed by atoms with Crippen molar-refractivity contribution in [3.05, 3.63) is 29.3 Å². The Morgan fingerprint density at radius 1 is 1.12 bits per heavy atom. The Morgan fingerprint density at radius 3 is 2.38 bits per heavy atom. The van der Waals surface area contributed by atoms with Gasteiger partial charge < -0.3 is 19.7 Å². The predicted octanol–water partition coefficient (Wildman–Crippen LogP) is 1.60. The molecule has 0 heterocycles. The van der Waals surface area contributed by atoms with Crippen LogP contribution in [0.3, 0.4) is 0 Å². The number of ether oxygens (including phenoxy) is 2. The number of likely N-dealkylation sites (N-methyl/N-ethyl adjacent to an activating group) is 1. The average Bonchev–Trinajstić information content (AvgIpc) is 2.51. The van der Waals surface area contributed by atoms with E-state index >= 15 is 0 Å². The Labute approximate surface area is 154 Å². The van der Waals surface area contributed by atoms with E-state index in [2.05, 4.69) is 5.32 Å². The molecule has 1 rings (SSSR count). The number of nitrogens with one attached hydrogen (secondary N) is 1. The third-order valence-electron chi connectivity index (χ3n) is 3.58. The topological polar surface area (TPSA) is 84.9 Å². The van der Waals surface area contributed by atoms with Crippen LogP contribution in [0.5, 0.6) is 5.75 Å². The van der Waals surface area contributed by atoms with Gasteiger partial charge in [-0.15, -0.1) is 0 Å². The fourth-order valence-corrected chi connectivity index (χ4v) is 2.07. The third-order valence-corrected chi connectivity index (χ3v) is 3.58. The molecule has 2 amide bonds. The lowest BCUT2D eigenvalue weighted by Crippen LogP contribution is -2.47. The van der Waals surface area contributed by atoms with Gasteiger partial charge in [0.25, 0.3) is 5.91 Å². The molecule has 144 valence electrons. The molecular weight excluding hydrogens is 336 g/mol. The molecule has 0 aromatic heterocycles. The molecule has 7 nitrogen and oxygen atoms in total. The lowest BCUT2D eigenvalue weighted by Gasteiger charge is -2.23. The lowest BCUT2D eigenvalue weighted by atomic mass is 10.1. The van der Waals surface area contributed by atoms with E-state index in [0.717, 1.165) is 11.1 Å². The Kier molecular flexibility index (Phi) is 7.61. The number of hydrogen-bond acceptors (Lipinski definition) is 5. The van der Waals surface area contributed by atoms with Crippen LogP contribution in [0.15, 0.2) is 18.2 Å². The van der Waals surface area contributed by atoms with Crippen molar-refractivity contribution in [1.29, 1.82) is 0 Å². The van der Waals surface area contributed by atoms with Crippen molar-refractivity contribution in [2.75, 3.05) is 26.8 Å². The van der Waals surface area contributed by atoms with Crippen molar-refractivity contribution in [2.24, 2.45) is 0 Å². The number of rotatable bonds is 7. The van der Waals surface area contributed by atoms with Crippen LogP contribution in [0.1, 0.15) is 31.9 Å². The highest BCUT2D eigenvalue weighted by Crippen LogP contribution is 2.20. The molecule has 1 aromatic rings. The van der Waals surface area contributed by atoms with Crippen molar-refractivity contribution in [3.8, 4) is 5.75 Å². The van der Waals surface area contributed by atoms with Gasteiger partial charge >= 0.3 is 5.97 Å². The van der Waals surface area contributed by atoms with Crippen LogP contribution in [0.4, 0.5) is 0 Å². The maximum absolute atomic E-state index is 11.9. The lowest BCUT2D eigenvalue weighted by molar-refractivity contribution is -0.153. The second-order valence-corrected chi connectivity index (χ2v) is 7.20. The maximum atomic E-state index is 11.9. The predicted molar refractivity (Wildman–Crippen MR) is 97.9 cm³/mol. The Bertz CT molecular complexity index is 664. The summed E-state index contributed by atoms with van der Waals surface area (Å²) in [5.41, 5.74) is 1.63. The summed E-state index contributed by atoms with van der Waals surface area (Å²) < 4.78 is 10.3. The first-order valence-electron chi connectivity index (χ1n) is 8.39. The van der Waals surface area contributed by atoms with Gasteiger partial charge in [0.1, 0.15) is 5.75 Å². The van der Waals surface area contributed by atoms with Gasteiger partial charge in [-0.1, -0.05) is 12.1 Å². The Balaban J connectivity index is 2.38. The number of benzene rings is 1. The summed E-state index contributed by atoms with van der Waals surface area (Å²) in [5.74, 6) is -0.789. The zero-order chi connectivity index (χ0) is 19.9. The number of carbonyl (C=O) groups is 3. The molecule has 0 fully saturated rings. The Morgan fingerprint density at radius 2 is 1.77 bits per heavy atom. The van der Waals surface area contributed by atoms with E-state index in [1.54, 1.807) is 6.07 Å². The van der Waals surface area contributed by atoms with E-state index in [1.165, 1.54) is 11.9 Å². The quantitative estimate of drug-likeness (QED) is 0.743. The van der Waals surface area contributed by atoms with Gasteiger partial charge in [-0.2, -0.15) is 0 Å². The minimum absolute atomic E-state index is 0.105. The minimum atomic E-state index is -0.646. The van der Waals surface area contributed by atoms with E-state index in [1.807, 2.05) is 46.8 Å². The summed E-state index contributed by atoms with van der Waals surface area (Å²) in [6.45, 7) is 8.58. The molecule has 0 bridgehead atoms. The molecule has 0 radical (unpaired) electrons. The first-order valence-corrected chi connectivity index (χ1v) is 8.39. The summed E-state index contributed by atoms with van der Waals surface area (Å²) in [7, 11) is 1.48. The van der Waals surface area contributed by atoms with E-state index in [4.69, 9.17) is 9.47 Å². The van der Waals surface area contributed by atoms with Gasteiger partial charge in [0.05, 0.1) is 6.54 Å². The second-order valence-electron chi connectivity index (χ2n) is 7.20. The van der Waals surface area contributed by atoms with Crippen molar-refractivity contribution < 1.29 is 23.9 Å². The van der Waals surface area contributed by atoms with Gasteiger partial charge in [-0.25, -0.2) is 4.79 Å². The monoisotopic (exact) mass is 364 g/mol. The van der Waals surface area contributed by atoms with Crippen molar-refractivity contribution in [1.82, 2.24) is 10.2 Å². The van der Waals surface area contributed by atoms with Crippen LogP contribution in [0.2, 0.25) is 0 Å². The van der Waals surface area contributed by atoms with Gasteiger partial charge in [0, 0.05) is 12.6 Å². The molecule has 1 N–H and O–H groups in total. The Hall–Kier alpha value is -2.57. The molecule has 1 aromatic carbocycles. The van der Waals surface area contributed by atoms with Crippen LogP contribution in [0, 0.1) is 13.8 Å². The molecule has 0 saturated heterocycles. The van der Waals surface area contributed by atoms with E-state index in [9.17, 15) is 14.4 Å². The fraction of sp³-hybridized carbons (Fsp3) is 0.526. The first kappa shape index (κ1) is 21.5. The van der Waals surface area contributed by atoms with Crippen molar-refractivity contribution >= 4 is 17.8 Å². The van der Waals surface area contributed by atoms with Crippen molar-refractivity contribution in [2.45, 2.75) is 40.2 Å². The molecule has 0 aliphatic carbocycles. The highest BCUT2D eigenvalue weighted by atomic mass is 16.6. The van der Waals surface area contributed by atoms with E-state index in [0.29, 0.717) is 5.75 Å².